The minimum Gasteiger partial charge on any atom is -0.314 e. The lowest BCUT2D eigenvalue weighted by Gasteiger charge is -2.18. The van der Waals surface area contributed by atoms with E-state index < -0.39 is 0 Å². The highest BCUT2D eigenvalue weighted by atomic mass is 79.9. The Labute approximate surface area is 117 Å². The largest absolute Gasteiger partial charge is 0.314 e. The number of rotatable bonds is 7. The maximum absolute atomic E-state index is 13.2. The Morgan fingerprint density at radius 2 is 2.22 bits per heavy atom. The lowest BCUT2D eigenvalue weighted by Crippen LogP contribution is -2.32. The molecule has 0 amide bonds. The van der Waals surface area contributed by atoms with Gasteiger partial charge in [0, 0.05) is 10.5 Å². The number of hydrogen-bond donors (Lipinski definition) is 1. The molecule has 1 aromatic rings. The monoisotopic (exact) mass is 313 g/mol. The third-order valence-corrected chi connectivity index (χ3v) is 4.35. The van der Waals surface area contributed by atoms with Gasteiger partial charge in [-0.3, -0.25) is 0 Å². The van der Waals surface area contributed by atoms with Crippen molar-refractivity contribution < 1.29 is 4.39 Å². The van der Waals surface area contributed by atoms with Gasteiger partial charge in [0.05, 0.1) is 0 Å². The fourth-order valence-corrected chi connectivity index (χ4v) is 2.82. The van der Waals surface area contributed by atoms with Crippen LogP contribution in [0.2, 0.25) is 0 Å². The Bertz CT molecular complexity index is 390. The first-order valence-electron chi connectivity index (χ1n) is 6.88. The van der Waals surface area contributed by atoms with Gasteiger partial charge in [0.2, 0.25) is 0 Å². The minimum atomic E-state index is -0.141. The van der Waals surface area contributed by atoms with E-state index in [0.717, 1.165) is 35.3 Å². The summed E-state index contributed by atoms with van der Waals surface area (Å²) in [6.07, 6.45) is 5.92. The molecular weight excluding hydrogens is 293 g/mol. The Morgan fingerprint density at radius 3 is 2.89 bits per heavy atom. The van der Waals surface area contributed by atoms with E-state index in [1.165, 1.54) is 25.3 Å². The zero-order valence-electron chi connectivity index (χ0n) is 10.9. The lowest BCUT2D eigenvalue weighted by molar-refractivity contribution is 0.435. The molecule has 1 N–H and O–H groups in total. The molecule has 0 radical (unpaired) electrons. The first-order chi connectivity index (χ1) is 8.70. The van der Waals surface area contributed by atoms with Crippen molar-refractivity contribution in [3.63, 3.8) is 0 Å². The highest BCUT2D eigenvalue weighted by molar-refractivity contribution is 9.10. The Balaban J connectivity index is 1.89. The van der Waals surface area contributed by atoms with E-state index in [1.807, 2.05) is 0 Å². The van der Waals surface area contributed by atoms with Crippen LogP contribution in [-0.4, -0.2) is 12.6 Å². The number of nitrogens with one attached hydrogen (secondary N) is 1. The normalized spacial score (nSPS) is 16.8. The van der Waals surface area contributed by atoms with Gasteiger partial charge in [-0.2, -0.15) is 0 Å². The minimum absolute atomic E-state index is 0.141. The summed E-state index contributed by atoms with van der Waals surface area (Å²) >= 11 is 3.50. The van der Waals surface area contributed by atoms with Crippen molar-refractivity contribution in [3.8, 4) is 0 Å². The summed E-state index contributed by atoms with van der Waals surface area (Å²) in [4.78, 5) is 0. The van der Waals surface area contributed by atoms with Gasteiger partial charge in [-0.25, -0.2) is 4.39 Å². The zero-order chi connectivity index (χ0) is 13.0. The van der Waals surface area contributed by atoms with Gasteiger partial charge in [0.1, 0.15) is 5.82 Å². The molecule has 1 fully saturated rings. The Kier molecular flexibility index (Phi) is 5.19. The summed E-state index contributed by atoms with van der Waals surface area (Å²) in [6.45, 7) is 3.28. The van der Waals surface area contributed by atoms with Crippen LogP contribution in [-0.2, 0) is 6.42 Å². The van der Waals surface area contributed by atoms with Crippen LogP contribution in [0.25, 0.3) is 0 Å². The molecule has 2 rings (SSSR count). The number of halogens is 2. The van der Waals surface area contributed by atoms with Crippen molar-refractivity contribution in [2.45, 2.75) is 45.1 Å². The summed E-state index contributed by atoms with van der Waals surface area (Å²) in [5.74, 6) is 0.710. The van der Waals surface area contributed by atoms with Crippen LogP contribution in [0, 0.1) is 11.7 Å². The van der Waals surface area contributed by atoms with E-state index >= 15 is 0 Å². The van der Waals surface area contributed by atoms with Crippen molar-refractivity contribution in [3.05, 3.63) is 34.1 Å². The number of aryl methyl sites for hydroxylation is 1. The van der Waals surface area contributed by atoms with Crippen molar-refractivity contribution in [2.75, 3.05) is 6.54 Å². The molecule has 3 heteroatoms. The van der Waals surface area contributed by atoms with E-state index in [-0.39, 0.29) is 5.82 Å². The highest BCUT2D eigenvalue weighted by Crippen LogP contribution is 2.35. The maximum Gasteiger partial charge on any atom is 0.123 e. The summed E-state index contributed by atoms with van der Waals surface area (Å²) in [5.41, 5.74) is 1.08. The molecular formula is C15H21BrFN. The predicted octanol–water partition coefficient (Wildman–Crippen LogP) is 4.30. The van der Waals surface area contributed by atoms with Crippen LogP contribution in [0.4, 0.5) is 4.39 Å². The SMILES string of the molecule is CCCNC(CCc1cc(F)ccc1Br)C1CC1. The quantitative estimate of drug-likeness (QED) is 0.791. The molecule has 1 aliphatic carbocycles. The van der Waals surface area contributed by atoms with E-state index in [4.69, 9.17) is 0 Å². The van der Waals surface area contributed by atoms with Gasteiger partial charge in [-0.1, -0.05) is 22.9 Å². The molecule has 0 aromatic heterocycles. The van der Waals surface area contributed by atoms with E-state index in [1.54, 1.807) is 12.1 Å². The number of benzene rings is 1. The third kappa shape index (κ3) is 4.06. The second-order valence-corrected chi connectivity index (χ2v) is 6.03. The molecule has 100 valence electrons. The van der Waals surface area contributed by atoms with Crippen LogP contribution in [0.5, 0.6) is 0 Å². The van der Waals surface area contributed by atoms with Gasteiger partial charge in [0.15, 0.2) is 0 Å². The molecule has 1 saturated carbocycles. The van der Waals surface area contributed by atoms with Gasteiger partial charge in [-0.15, -0.1) is 0 Å². The standard InChI is InChI=1S/C15H21BrFN/c1-2-9-18-15(11-3-4-11)8-5-12-10-13(17)6-7-14(12)16/h6-7,10-11,15,18H,2-5,8-9H2,1H3. The summed E-state index contributed by atoms with van der Waals surface area (Å²) in [7, 11) is 0. The van der Waals surface area contributed by atoms with Crippen molar-refractivity contribution >= 4 is 15.9 Å². The molecule has 0 spiro atoms. The average molecular weight is 314 g/mol. The van der Waals surface area contributed by atoms with Crippen LogP contribution in [0.1, 0.15) is 38.2 Å². The summed E-state index contributed by atoms with van der Waals surface area (Å²) < 4.78 is 14.2. The molecule has 0 saturated heterocycles. The molecule has 1 nitrogen and oxygen atoms in total. The maximum atomic E-state index is 13.2. The van der Waals surface area contributed by atoms with Gasteiger partial charge in [0.25, 0.3) is 0 Å². The van der Waals surface area contributed by atoms with E-state index in [2.05, 4.69) is 28.2 Å². The molecule has 18 heavy (non-hydrogen) atoms. The van der Waals surface area contributed by atoms with Crippen LogP contribution >= 0.6 is 15.9 Å². The van der Waals surface area contributed by atoms with Gasteiger partial charge >= 0.3 is 0 Å². The van der Waals surface area contributed by atoms with Gasteiger partial charge in [-0.05, 0) is 68.3 Å². The zero-order valence-corrected chi connectivity index (χ0v) is 12.5. The Morgan fingerprint density at radius 1 is 1.44 bits per heavy atom. The van der Waals surface area contributed by atoms with Crippen LogP contribution < -0.4 is 5.32 Å². The first kappa shape index (κ1) is 14.0. The summed E-state index contributed by atoms with van der Waals surface area (Å²) in [5, 5.41) is 3.63. The fraction of sp³-hybridized carbons (Fsp3) is 0.600. The lowest BCUT2D eigenvalue weighted by atomic mass is 10.0. The van der Waals surface area contributed by atoms with Crippen molar-refractivity contribution in [1.29, 1.82) is 0 Å². The second kappa shape index (κ2) is 6.67. The molecule has 0 heterocycles. The fourth-order valence-electron chi connectivity index (χ4n) is 2.38. The van der Waals surface area contributed by atoms with E-state index in [0.29, 0.717) is 6.04 Å². The average Bonchev–Trinajstić information content (AvgIpc) is 3.17. The molecule has 1 atom stereocenters. The van der Waals surface area contributed by atoms with Crippen molar-refractivity contribution in [1.82, 2.24) is 5.32 Å². The predicted molar refractivity (Wildman–Crippen MR) is 77.2 cm³/mol. The highest BCUT2D eigenvalue weighted by Gasteiger charge is 2.30. The molecule has 1 aliphatic rings. The second-order valence-electron chi connectivity index (χ2n) is 5.17. The topological polar surface area (TPSA) is 12.0 Å². The molecule has 0 bridgehead atoms. The first-order valence-corrected chi connectivity index (χ1v) is 7.67. The third-order valence-electron chi connectivity index (χ3n) is 3.58. The van der Waals surface area contributed by atoms with Crippen LogP contribution in [0.3, 0.4) is 0 Å². The van der Waals surface area contributed by atoms with Crippen LogP contribution in [0.15, 0.2) is 22.7 Å². The molecule has 1 aromatic carbocycles. The molecule has 0 aliphatic heterocycles. The summed E-state index contributed by atoms with van der Waals surface area (Å²) in [6, 6.07) is 5.56. The Hall–Kier alpha value is -0.410. The van der Waals surface area contributed by atoms with Crippen molar-refractivity contribution in [2.24, 2.45) is 5.92 Å². The number of hydrogen-bond acceptors (Lipinski definition) is 1. The smallest absolute Gasteiger partial charge is 0.123 e. The van der Waals surface area contributed by atoms with Gasteiger partial charge < -0.3 is 5.32 Å². The van der Waals surface area contributed by atoms with E-state index in [9.17, 15) is 4.39 Å². The molecule has 1 unspecified atom stereocenters.